The molecule has 2 atom stereocenters. The van der Waals surface area contributed by atoms with Crippen LogP contribution in [0.25, 0.3) is 0 Å². The van der Waals surface area contributed by atoms with Gasteiger partial charge in [0.05, 0.1) is 6.04 Å². The van der Waals surface area contributed by atoms with Gasteiger partial charge in [0.1, 0.15) is 17.3 Å². The van der Waals surface area contributed by atoms with E-state index in [1.54, 1.807) is 27.7 Å². The molecule has 0 saturated carbocycles. The third-order valence-corrected chi connectivity index (χ3v) is 4.35. The third kappa shape index (κ3) is 5.18. The fourth-order valence-electron chi connectivity index (χ4n) is 2.13. The molecule has 1 aliphatic heterocycles. The normalized spacial score (nSPS) is 20.1. The van der Waals surface area contributed by atoms with E-state index in [2.05, 4.69) is 20.8 Å². The number of β-lactam (4-membered cyclic amide) rings is 1. The molecule has 0 aromatic carbocycles. The number of amides is 2. The van der Waals surface area contributed by atoms with Gasteiger partial charge in [-0.05, 0) is 41.5 Å². The molecule has 11 heteroatoms. The van der Waals surface area contributed by atoms with Crippen LogP contribution in [0.5, 0.6) is 0 Å². The maximum absolute atomic E-state index is 12.7. The predicted octanol–water partition coefficient (Wildman–Crippen LogP) is 0.569. The average molecular weight is 411 g/mol. The molecular formula is C17H25N5O5S. The minimum Gasteiger partial charge on any atom is -0.457 e. The molecule has 2 amide bonds. The van der Waals surface area contributed by atoms with Crippen LogP contribution in [0.2, 0.25) is 0 Å². The van der Waals surface area contributed by atoms with Crippen molar-refractivity contribution in [1.29, 1.82) is 0 Å². The molecule has 0 spiro atoms. The van der Waals surface area contributed by atoms with Gasteiger partial charge in [0.15, 0.2) is 10.8 Å². The molecular weight excluding hydrogens is 386 g/mol. The second kappa shape index (κ2) is 7.74. The highest BCUT2D eigenvalue weighted by atomic mass is 32.1. The van der Waals surface area contributed by atoms with Crippen molar-refractivity contribution in [3.63, 3.8) is 0 Å². The molecule has 1 saturated heterocycles. The van der Waals surface area contributed by atoms with Crippen molar-refractivity contribution < 1.29 is 24.0 Å². The van der Waals surface area contributed by atoms with Crippen molar-refractivity contribution in [2.45, 2.75) is 64.8 Å². The van der Waals surface area contributed by atoms with E-state index in [4.69, 9.17) is 15.3 Å². The predicted molar refractivity (Wildman–Crippen MR) is 104 cm³/mol. The first-order chi connectivity index (χ1) is 12.8. The number of ether oxygens (including phenoxy) is 1. The van der Waals surface area contributed by atoms with E-state index in [1.807, 2.05) is 0 Å². The number of nitrogens with one attached hydrogen (secondary N) is 2. The molecule has 28 heavy (non-hydrogen) atoms. The Kier molecular flexibility index (Phi) is 5.97. The zero-order chi connectivity index (χ0) is 21.3. The van der Waals surface area contributed by atoms with E-state index in [9.17, 15) is 14.4 Å². The Morgan fingerprint density at radius 2 is 1.96 bits per heavy atom. The second-order valence-electron chi connectivity index (χ2n) is 7.86. The summed E-state index contributed by atoms with van der Waals surface area (Å²) in [4.78, 5) is 46.0. The number of nitrogens with zero attached hydrogens (tertiary/aromatic N) is 2. The number of thiazole rings is 1. The Balaban J connectivity index is 2.22. The van der Waals surface area contributed by atoms with Crippen LogP contribution in [-0.2, 0) is 24.0 Å². The van der Waals surface area contributed by atoms with Crippen molar-refractivity contribution >= 4 is 40.0 Å². The molecule has 1 aromatic heterocycles. The lowest BCUT2D eigenvalue weighted by molar-refractivity contribution is -0.179. The molecule has 1 fully saturated rings. The topological polar surface area (TPSA) is 145 Å². The van der Waals surface area contributed by atoms with Gasteiger partial charge in [-0.2, -0.15) is 0 Å². The molecule has 0 bridgehead atoms. The number of esters is 1. The molecule has 1 aliphatic rings. The molecule has 154 valence electrons. The minimum absolute atomic E-state index is 0.173. The molecule has 0 unspecified atom stereocenters. The highest BCUT2D eigenvalue weighted by Gasteiger charge is 2.39. The van der Waals surface area contributed by atoms with Gasteiger partial charge in [-0.15, -0.1) is 11.3 Å². The van der Waals surface area contributed by atoms with Gasteiger partial charge in [0, 0.05) is 5.38 Å². The summed E-state index contributed by atoms with van der Waals surface area (Å²) in [5.41, 5.74) is 3.45. The monoisotopic (exact) mass is 411 g/mol. The Labute approximate surface area is 166 Å². The Hall–Kier alpha value is -2.69. The lowest BCUT2D eigenvalue weighted by Gasteiger charge is -2.34. The number of nitrogen functional groups attached to an aromatic ring is 1. The van der Waals surface area contributed by atoms with Gasteiger partial charge >= 0.3 is 5.97 Å². The average Bonchev–Trinajstić information content (AvgIpc) is 2.97. The lowest BCUT2D eigenvalue weighted by Crippen LogP contribution is -2.68. The number of nitrogens with two attached hydrogens (primary N) is 1. The van der Waals surface area contributed by atoms with Gasteiger partial charge in [-0.3, -0.25) is 9.59 Å². The highest BCUT2D eigenvalue weighted by molar-refractivity contribution is 7.13. The zero-order valence-electron chi connectivity index (χ0n) is 16.7. The van der Waals surface area contributed by atoms with Crippen LogP contribution >= 0.6 is 11.3 Å². The van der Waals surface area contributed by atoms with Crippen LogP contribution in [0.15, 0.2) is 10.5 Å². The van der Waals surface area contributed by atoms with Crippen molar-refractivity contribution in [2.75, 3.05) is 5.73 Å². The standard InChI is InChI=1S/C17H25N5O5S/c1-8-10(12(23)19-8)21-13(24)11(9-7-28-15(18)20-9)22-27-17(5,6)14(25)26-16(2,3)4/h7-8,10H,1-6H3,(H2,18,20)(H,19,23)(H,21,24)/b22-11+/t8-,10-/m0/s1. The van der Waals surface area contributed by atoms with Gasteiger partial charge in [0.2, 0.25) is 11.5 Å². The van der Waals surface area contributed by atoms with Crippen LogP contribution in [-0.4, -0.2) is 51.8 Å². The fourth-order valence-corrected chi connectivity index (χ4v) is 2.68. The first-order valence-corrected chi connectivity index (χ1v) is 9.50. The number of carbonyl (C=O) groups excluding carboxylic acids is 3. The van der Waals surface area contributed by atoms with E-state index in [0.717, 1.165) is 11.3 Å². The number of rotatable bonds is 6. The number of carbonyl (C=O) groups is 3. The highest BCUT2D eigenvalue weighted by Crippen LogP contribution is 2.19. The fraction of sp³-hybridized carbons (Fsp3) is 0.588. The van der Waals surface area contributed by atoms with Gasteiger partial charge < -0.3 is 25.9 Å². The summed E-state index contributed by atoms with van der Waals surface area (Å²) in [6, 6.07) is -0.898. The van der Waals surface area contributed by atoms with Crippen molar-refractivity contribution in [1.82, 2.24) is 15.6 Å². The molecule has 0 aliphatic carbocycles. The summed E-state index contributed by atoms with van der Waals surface area (Å²) < 4.78 is 5.30. The van der Waals surface area contributed by atoms with Gasteiger partial charge in [-0.1, -0.05) is 5.16 Å². The molecule has 4 N–H and O–H groups in total. The van der Waals surface area contributed by atoms with Gasteiger partial charge in [0.25, 0.3) is 5.91 Å². The summed E-state index contributed by atoms with van der Waals surface area (Å²) in [5.74, 6) is -1.61. The number of hydrogen-bond donors (Lipinski definition) is 3. The molecule has 1 aromatic rings. The maximum atomic E-state index is 12.7. The van der Waals surface area contributed by atoms with E-state index < -0.39 is 29.1 Å². The molecule has 2 heterocycles. The van der Waals surface area contributed by atoms with Crippen molar-refractivity contribution in [2.24, 2.45) is 5.16 Å². The minimum atomic E-state index is -1.46. The summed E-state index contributed by atoms with van der Waals surface area (Å²) >= 11 is 1.12. The first-order valence-electron chi connectivity index (χ1n) is 8.62. The van der Waals surface area contributed by atoms with E-state index in [0.29, 0.717) is 0 Å². The molecule has 0 radical (unpaired) electrons. The van der Waals surface area contributed by atoms with Crippen LogP contribution in [0.1, 0.15) is 47.2 Å². The van der Waals surface area contributed by atoms with Crippen LogP contribution in [0.3, 0.4) is 0 Å². The van der Waals surface area contributed by atoms with Crippen LogP contribution < -0.4 is 16.4 Å². The van der Waals surface area contributed by atoms with E-state index >= 15 is 0 Å². The van der Waals surface area contributed by atoms with E-state index in [1.165, 1.54) is 19.2 Å². The Morgan fingerprint density at radius 3 is 2.43 bits per heavy atom. The van der Waals surface area contributed by atoms with Crippen molar-refractivity contribution in [3.05, 3.63) is 11.1 Å². The smallest absolute Gasteiger partial charge is 0.353 e. The number of aromatic nitrogens is 1. The van der Waals surface area contributed by atoms with E-state index in [-0.39, 0.29) is 28.5 Å². The summed E-state index contributed by atoms with van der Waals surface area (Å²) in [6.07, 6.45) is 0. The van der Waals surface area contributed by atoms with Gasteiger partial charge in [-0.25, -0.2) is 9.78 Å². The second-order valence-corrected chi connectivity index (χ2v) is 8.75. The Morgan fingerprint density at radius 1 is 1.32 bits per heavy atom. The summed E-state index contributed by atoms with van der Waals surface area (Å²) in [5, 5.41) is 10.8. The third-order valence-electron chi connectivity index (χ3n) is 3.67. The Bertz CT molecular complexity index is 811. The maximum Gasteiger partial charge on any atom is 0.353 e. The van der Waals surface area contributed by atoms with Crippen molar-refractivity contribution in [3.8, 4) is 0 Å². The lowest BCUT2D eigenvalue weighted by atomic mass is 10.0. The summed E-state index contributed by atoms with van der Waals surface area (Å²) in [6.45, 7) is 9.88. The molecule has 10 nitrogen and oxygen atoms in total. The largest absolute Gasteiger partial charge is 0.457 e. The summed E-state index contributed by atoms with van der Waals surface area (Å²) in [7, 11) is 0. The number of anilines is 1. The first kappa shape index (κ1) is 21.6. The quantitative estimate of drug-likeness (QED) is 0.268. The molecule has 2 rings (SSSR count). The number of hydrogen-bond acceptors (Lipinski definition) is 9. The zero-order valence-corrected chi connectivity index (χ0v) is 17.5. The number of oxime groups is 1. The van der Waals surface area contributed by atoms with Crippen LogP contribution in [0.4, 0.5) is 5.13 Å². The SMILES string of the molecule is C[C@@H]1NC(=O)[C@H]1NC(=O)/C(=N/OC(C)(C)C(=O)OC(C)(C)C)c1csc(N)n1. The van der Waals surface area contributed by atoms with Crippen LogP contribution in [0, 0.1) is 0 Å².